The van der Waals surface area contributed by atoms with Gasteiger partial charge in [0.05, 0.1) is 11.4 Å². The van der Waals surface area contributed by atoms with Gasteiger partial charge in [-0.1, -0.05) is 12.2 Å². The SMILES string of the molecule is CC(=O)OCC1=C(C(=O)O)N2C(=O)[C@@H](NC(=S)Cc3ncc(CC(N)C(=O)O)[nH]3)[C@@H]2SC1. The van der Waals surface area contributed by atoms with Crippen LogP contribution >= 0.6 is 24.0 Å². The number of rotatable bonds is 9. The van der Waals surface area contributed by atoms with E-state index in [-0.39, 0.29) is 25.1 Å². The van der Waals surface area contributed by atoms with Crippen molar-refractivity contribution in [2.75, 3.05) is 12.4 Å². The minimum Gasteiger partial charge on any atom is -0.480 e. The van der Waals surface area contributed by atoms with Gasteiger partial charge in [-0.05, 0) is 0 Å². The topological polar surface area (TPSA) is 188 Å². The van der Waals surface area contributed by atoms with E-state index in [1.54, 1.807) is 0 Å². The van der Waals surface area contributed by atoms with Crippen LogP contribution in [0.15, 0.2) is 17.5 Å². The van der Waals surface area contributed by atoms with Gasteiger partial charge in [0.25, 0.3) is 5.91 Å². The van der Waals surface area contributed by atoms with Crippen molar-refractivity contribution in [1.29, 1.82) is 0 Å². The number of H-pyrrole nitrogens is 1. The van der Waals surface area contributed by atoms with E-state index in [1.165, 1.54) is 29.8 Å². The number of fused-ring (bicyclic) bond motifs is 1. The fourth-order valence-electron chi connectivity index (χ4n) is 3.28. The number of hydrogen-bond acceptors (Lipinski definition) is 9. The summed E-state index contributed by atoms with van der Waals surface area (Å²) in [5.41, 5.74) is 6.23. The average molecular weight is 484 g/mol. The van der Waals surface area contributed by atoms with Gasteiger partial charge in [0.1, 0.15) is 35.6 Å². The number of esters is 1. The second kappa shape index (κ2) is 9.67. The summed E-state index contributed by atoms with van der Waals surface area (Å²) in [6, 6.07) is -1.76. The number of aliphatic carboxylic acids is 2. The summed E-state index contributed by atoms with van der Waals surface area (Å²) in [6.45, 7) is 1.03. The molecular weight excluding hydrogens is 462 g/mol. The number of nitrogens with zero attached hydrogens (tertiary/aromatic N) is 2. The highest BCUT2D eigenvalue weighted by molar-refractivity contribution is 8.00. The third kappa shape index (κ3) is 5.08. The Bertz CT molecular complexity index is 1010. The highest BCUT2D eigenvalue weighted by Gasteiger charge is 2.53. The highest BCUT2D eigenvalue weighted by Crippen LogP contribution is 2.40. The molecule has 0 bridgehead atoms. The summed E-state index contributed by atoms with van der Waals surface area (Å²) in [4.78, 5) is 54.9. The number of amides is 1. The van der Waals surface area contributed by atoms with Gasteiger partial charge in [0.15, 0.2) is 0 Å². The molecule has 0 saturated carbocycles. The number of carbonyl (C=O) groups excluding carboxylic acids is 2. The Balaban J connectivity index is 1.61. The smallest absolute Gasteiger partial charge is 0.352 e. The first kappa shape index (κ1) is 23.7. The lowest BCUT2D eigenvalue weighted by Crippen LogP contribution is -2.70. The number of carboxylic acids is 2. The maximum Gasteiger partial charge on any atom is 0.352 e. The summed E-state index contributed by atoms with van der Waals surface area (Å²) in [6.07, 6.45) is 1.73. The number of thioether (sulfide) groups is 1. The molecule has 1 fully saturated rings. The Kier molecular flexibility index (Phi) is 7.16. The monoisotopic (exact) mass is 483 g/mol. The van der Waals surface area contributed by atoms with Gasteiger partial charge in [-0.2, -0.15) is 0 Å². The Morgan fingerprint density at radius 3 is 2.81 bits per heavy atom. The molecule has 12 nitrogen and oxygen atoms in total. The second-order valence-electron chi connectivity index (χ2n) is 7.17. The minimum absolute atomic E-state index is 0.0806. The van der Waals surface area contributed by atoms with Gasteiger partial charge in [-0.15, -0.1) is 11.8 Å². The maximum absolute atomic E-state index is 12.7. The van der Waals surface area contributed by atoms with Crippen molar-refractivity contribution < 1.29 is 34.1 Å². The molecule has 1 amide bonds. The molecule has 2 aliphatic rings. The predicted molar refractivity (Wildman–Crippen MR) is 116 cm³/mol. The minimum atomic E-state index is -1.27. The molecule has 3 rings (SSSR count). The van der Waals surface area contributed by atoms with E-state index in [9.17, 15) is 24.3 Å². The van der Waals surface area contributed by atoms with Crippen molar-refractivity contribution in [3.8, 4) is 0 Å². The van der Waals surface area contributed by atoms with Crippen molar-refractivity contribution in [3.63, 3.8) is 0 Å². The first-order chi connectivity index (χ1) is 15.1. The fraction of sp³-hybridized carbons (Fsp3) is 0.444. The maximum atomic E-state index is 12.7. The lowest BCUT2D eigenvalue weighted by Gasteiger charge is -2.49. The van der Waals surface area contributed by atoms with Crippen LogP contribution in [0.4, 0.5) is 0 Å². The normalized spacial score (nSPS) is 20.8. The number of β-lactam (4-membered cyclic amide) rings is 1. The first-order valence-electron chi connectivity index (χ1n) is 9.42. The van der Waals surface area contributed by atoms with E-state index < -0.39 is 41.3 Å². The van der Waals surface area contributed by atoms with E-state index in [0.29, 0.717) is 27.8 Å². The van der Waals surface area contributed by atoms with Crippen LogP contribution < -0.4 is 11.1 Å². The number of nitrogens with one attached hydrogen (secondary N) is 2. The third-order valence-corrected chi connectivity index (χ3v) is 6.38. The summed E-state index contributed by atoms with van der Waals surface area (Å²) >= 11 is 6.66. The predicted octanol–water partition coefficient (Wildman–Crippen LogP) is -0.991. The molecular formula is C18H21N5O7S2. The Morgan fingerprint density at radius 1 is 1.47 bits per heavy atom. The van der Waals surface area contributed by atoms with Crippen molar-refractivity contribution in [2.45, 2.75) is 37.2 Å². The van der Waals surface area contributed by atoms with Crippen LogP contribution in [0.25, 0.3) is 0 Å². The summed E-state index contributed by atoms with van der Waals surface area (Å²) < 4.78 is 4.90. The zero-order chi connectivity index (χ0) is 23.6. The molecule has 172 valence electrons. The molecule has 1 aromatic rings. The zero-order valence-electron chi connectivity index (χ0n) is 16.9. The second-order valence-corrected chi connectivity index (χ2v) is 8.77. The number of aromatic amines is 1. The molecule has 0 aliphatic carbocycles. The van der Waals surface area contributed by atoms with Gasteiger partial charge < -0.3 is 31.0 Å². The molecule has 0 aromatic carbocycles. The molecule has 6 N–H and O–H groups in total. The molecule has 1 aromatic heterocycles. The molecule has 32 heavy (non-hydrogen) atoms. The number of ether oxygens (including phenoxy) is 1. The Labute approximate surface area is 191 Å². The third-order valence-electron chi connectivity index (χ3n) is 4.78. The van der Waals surface area contributed by atoms with Crippen LogP contribution in [-0.4, -0.2) is 83.7 Å². The highest BCUT2D eigenvalue weighted by atomic mass is 32.2. The van der Waals surface area contributed by atoms with E-state index in [1.807, 2.05) is 0 Å². The largest absolute Gasteiger partial charge is 0.480 e. The van der Waals surface area contributed by atoms with Crippen LogP contribution in [0.3, 0.4) is 0 Å². The number of thiocarbonyl (C=S) groups is 1. The molecule has 14 heteroatoms. The lowest BCUT2D eigenvalue weighted by molar-refractivity contribution is -0.148. The van der Waals surface area contributed by atoms with Gasteiger partial charge >= 0.3 is 17.9 Å². The summed E-state index contributed by atoms with van der Waals surface area (Å²) in [5, 5.41) is 20.9. The van der Waals surface area contributed by atoms with Crippen molar-refractivity contribution in [3.05, 3.63) is 29.0 Å². The Hall–Kier alpha value is -2.97. The molecule has 0 radical (unpaired) electrons. The van der Waals surface area contributed by atoms with Crippen LogP contribution in [-0.2, 0) is 36.8 Å². The molecule has 0 spiro atoms. The average Bonchev–Trinajstić information content (AvgIpc) is 3.15. The van der Waals surface area contributed by atoms with Gasteiger partial charge in [-0.25, -0.2) is 9.78 Å². The number of imidazole rings is 1. The molecule has 2 aliphatic heterocycles. The molecule has 1 saturated heterocycles. The van der Waals surface area contributed by atoms with Gasteiger partial charge in [-0.3, -0.25) is 19.3 Å². The lowest BCUT2D eigenvalue weighted by atomic mass is 10.0. The summed E-state index contributed by atoms with van der Waals surface area (Å²) in [7, 11) is 0. The number of nitrogens with two attached hydrogens (primary N) is 1. The fourth-order valence-corrected chi connectivity index (χ4v) is 4.87. The van der Waals surface area contributed by atoms with Crippen LogP contribution in [0.1, 0.15) is 18.4 Å². The van der Waals surface area contributed by atoms with Crippen LogP contribution in [0.5, 0.6) is 0 Å². The van der Waals surface area contributed by atoms with E-state index in [2.05, 4.69) is 15.3 Å². The number of hydrogen-bond donors (Lipinski definition) is 5. The van der Waals surface area contributed by atoms with Gasteiger partial charge in [0, 0.05) is 36.6 Å². The zero-order valence-corrected chi connectivity index (χ0v) is 18.5. The van der Waals surface area contributed by atoms with Crippen LogP contribution in [0.2, 0.25) is 0 Å². The molecule has 3 heterocycles. The first-order valence-corrected chi connectivity index (χ1v) is 10.9. The van der Waals surface area contributed by atoms with Crippen molar-refractivity contribution in [2.24, 2.45) is 5.73 Å². The number of carbonyl (C=O) groups is 4. The van der Waals surface area contributed by atoms with E-state index in [4.69, 9.17) is 27.8 Å². The Morgan fingerprint density at radius 2 is 2.19 bits per heavy atom. The van der Waals surface area contributed by atoms with Gasteiger partial charge in [0.2, 0.25) is 0 Å². The van der Waals surface area contributed by atoms with Crippen molar-refractivity contribution in [1.82, 2.24) is 20.2 Å². The number of carboxylic acid groups (broad SMARTS) is 2. The van der Waals surface area contributed by atoms with E-state index >= 15 is 0 Å². The van der Waals surface area contributed by atoms with Crippen LogP contribution in [0, 0.1) is 0 Å². The molecule has 3 atom stereocenters. The quantitative estimate of drug-likeness (QED) is 0.164. The standard InChI is InChI=1S/C18H21N5O7S2/c1-7(24)30-5-8-6-32-16-13(15(25)23(16)14(8)18(28)29)22-12(31)3-11-20-4-9(21-11)2-10(19)17(26)27/h4,10,13,16H,2-3,5-6,19H2,1H3,(H,20,21)(H,22,31)(H,26,27)(H,28,29)/t10?,13-,16+/m1/s1. The molecule has 1 unspecified atom stereocenters. The number of aromatic nitrogens is 2. The summed E-state index contributed by atoms with van der Waals surface area (Å²) in [5.74, 6) is -2.61. The van der Waals surface area contributed by atoms with E-state index in [0.717, 1.165) is 0 Å². The van der Waals surface area contributed by atoms with Crippen molar-refractivity contribution >= 4 is 52.8 Å².